The fraction of sp³-hybridized carbons (Fsp3) is 0.316. The highest BCUT2D eigenvalue weighted by molar-refractivity contribution is 7.92. The Hall–Kier alpha value is -2.32. The molecule has 1 aliphatic rings. The zero-order valence-electron chi connectivity index (χ0n) is 15.2. The van der Waals surface area contributed by atoms with Crippen molar-refractivity contribution in [1.29, 1.82) is 0 Å². The third-order valence-electron chi connectivity index (χ3n) is 4.50. The lowest BCUT2D eigenvalue weighted by Crippen LogP contribution is -2.29. The van der Waals surface area contributed by atoms with Crippen LogP contribution in [0.2, 0.25) is 0 Å². The van der Waals surface area contributed by atoms with E-state index in [1.807, 2.05) is 37.3 Å². The molecule has 8 heteroatoms. The van der Waals surface area contributed by atoms with Gasteiger partial charge in [-0.15, -0.1) is 11.3 Å². The van der Waals surface area contributed by atoms with Crippen LogP contribution in [0.3, 0.4) is 0 Å². The molecule has 142 valence electrons. The molecule has 0 fully saturated rings. The highest BCUT2D eigenvalue weighted by atomic mass is 32.2. The molecule has 0 saturated heterocycles. The van der Waals surface area contributed by atoms with Crippen molar-refractivity contribution in [2.75, 3.05) is 22.4 Å². The first-order chi connectivity index (χ1) is 12.9. The molecule has 0 unspecified atom stereocenters. The van der Waals surface area contributed by atoms with Crippen LogP contribution in [0.5, 0.6) is 0 Å². The normalized spacial score (nSPS) is 14.2. The van der Waals surface area contributed by atoms with Crippen molar-refractivity contribution in [1.82, 2.24) is 4.98 Å². The molecule has 0 saturated carbocycles. The highest BCUT2D eigenvalue weighted by Gasteiger charge is 2.21. The molecule has 0 radical (unpaired) electrons. The third kappa shape index (κ3) is 4.01. The number of aryl methyl sites for hydroxylation is 1. The first kappa shape index (κ1) is 18.1. The summed E-state index contributed by atoms with van der Waals surface area (Å²) in [5.74, 6) is 1.67. The Morgan fingerprint density at radius 2 is 2.15 bits per heavy atom. The van der Waals surface area contributed by atoms with Crippen LogP contribution in [0, 0.1) is 6.92 Å². The Morgan fingerprint density at radius 1 is 1.30 bits per heavy atom. The minimum Gasteiger partial charge on any atom is -0.459 e. The van der Waals surface area contributed by atoms with Crippen molar-refractivity contribution < 1.29 is 12.8 Å². The van der Waals surface area contributed by atoms with Crippen LogP contribution in [-0.4, -0.2) is 26.2 Å². The van der Waals surface area contributed by atoms with Crippen LogP contribution in [0.15, 0.2) is 40.1 Å². The smallest absolute Gasteiger partial charge is 0.229 e. The molecule has 1 aliphatic heterocycles. The first-order valence-electron chi connectivity index (χ1n) is 8.75. The molecule has 0 spiro atoms. The lowest BCUT2D eigenvalue weighted by Gasteiger charge is -2.32. The largest absolute Gasteiger partial charge is 0.459 e. The van der Waals surface area contributed by atoms with Crippen LogP contribution < -0.4 is 9.62 Å². The second kappa shape index (κ2) is 7.01. The summed E-state index contributed by atoms with van der Waals surface area (Å²) in [6.07, 6.45) is 3.02. The van der Waals surface area contributed by atoms with Gasteiger partial charge in [0, 0.05) is 17.6 Å². The lowest BCUT2D eigenvalue weighted by molar-refractivity contribution is 0.547. The number of furan rings is 1. The van der Waals surface area contributed by atoms with Crippen molar-refractivity contribution in [3.05, 3.63) is 52.7 Å². The molecule has 1 aromatic carbocycles. The van der Waals surface area contributed by atoms with Crippen molar-refractivity contribution in [2.45, 2.75) is 26.3 Å². The van der Waals surface area contributed by atoms with Gasteiger partial charge >= 0.3 is 0 Å². The van der Waals surface area contributed by atoms with E-state index in [0.717, 1.165) is 52.9 Å². The van der Waals surface area contributed by atoms with Crippen LogP contribution in [0.1, 0.15) is 23.4 Å². The lowest BCUT2D eigenvalue weighted by atomic mass is 10.00. The Morgan fingerprint density at radius 3 is 2.89 bits per heavy atom. The van der Waals surface area contributed by atoms with Crippen molar-refractivity contribution in [2.24, 2.45) is 0 Å². The van der Waals surface area contributed by atoms with Gasteiger partial charge in [-0.3, -0.25) is 4.72 Å². The zero-order valence-corrected chi connectivity index (χ0v) is 16.9. The van der Waals surface area contributed by atoms with Gasteiger partial charge in [0.2, 0.25) is 10.0 Å². The van der Waals surface area contributed by atoms with E-state index < -0.39 is 10.0 Å². The fourth-order valence-electron chi connectivity index (χ4n) is 3.40. The van der Waals surface area contributed by atoms with Crippen molar-refractivity contribution >= 4 is 32.7 Å². The molecule has 2 aromatic heterocycles. The van der Waals surface area contributed by atoms with Gasteiger partial charge in [0.15, 0.2) is 10.8 Å². The third-order valence-corrected chi connectivity index (χ3v) is 5.99. The topological polar surface area (TPSA) is 75.4 Å². The Kier molecular flexibility index (Phi) is 4.69. The summed E-state index contributed by atoms with van der Waals surface area (Å²) in [7, 11) is -3.30. The number of hydrogen-bond donors (Lipinski definition) is 1. The molecular weight excluding hydrogens is 382 g/mol. The molecule has 0 atom stereocenters. The van der Waals surface area contributed by atoms with E-state index in [-0.39, 0.29) is 0 Å². The SMILES string of the molecule is Cc1ccc(-c2nc(CN3CCCc4c(NS(C)(=O)=O)cccc43)cs2)o1. The first-order valence-corrected chi connectivity index (χ1v) is 11.5. The number of rotatable bonds is 5. The van der Waals surface area contributed by atoms with Crippen LogP contribution in [0.4, 0.5) is 11.4 Å². The van der Waals surface area contributed by atoms with Gasteiger partial charge in [-0.1, -0.05) is 6.07 Å². The van der Waals surface area contributed by atoms with E-state index in [9.17, 15) is 8.42 Å². The molecule has 1 N–H and O–H groups in total. The summed E-state index contributed by atoms with van der Waals surface area (Å²) in [4.78, 5) is 6.98. The van der Waals surface area contributed by atoms with E-state index in [1.54, 1.807) is 11.3 Å². The van der Waals surface area contributed by atoms with E-state index >= 15 is 0 Å². The van der Waals surface area contributed by atoms with Gasteiger partial charge in [-0.2, -0.15) is 0 Å². The minimum atomic E-state index is -3.30. The molecule has 3 aromatic rings. The summed E-state index contributed by atoms with van der Waals surface area (Å²) < 4.78 is 31.6. The second-order valence-electron chi connectivity index (χ2n) is 6.76. The highest BCUT2D eigenvalue weighted by Crippen LogP contribution is 2.34. The number of nitrogens with one attached hydrogen (secondary N) is 1. The minimum absolute atomic E-state index is 0.671. The van der Waals surface area contributed by atoms with E-state index in [1.165, 1.54) is 6.26 Å². The summed E-state index contributed by atoms with van der Waals surface area (Å²) in [6, 6.07) is 9.64. The Bertz CT molecular complexity index is 1070. The number of benzene rings is 1. The van der Waals surface area contributed by atoms with Gasteiger partial charge in [-0.25, -0.2) is 13.4 Å². The number of anilines is 2. The van der Waals surface area contributed by atoms with Crippen molar-refractivity contribution in [3.63, 3.8) is 0 Å². The van der Waals surface area contributed by atoms with E-state index in [4.69, 9.17) is 9.40 Å². The molecule has 4 rings (SSSR count). The number of aromatic nitrogens is 1. The van der Waals surface area contributed by atoms with Crippen LogP contribution >= 0.6 is 11.3 Å². The van der Waals surface area contributed by atoms with Gasteiger partial charge in [0.25, 0.3) is 0 Å². The maximum atomic E-state index is 11.7. The second-order valence-corrected chi connectivity index (χ2v) is 9.36. The molecule has 27 heavy (non-hydrogen) atoms. The Labute approximate surface area is 162 Å². The quantitative estimate of drug-likeness (QED) is 0.696. The van der Waals surface area contributed by atoms with E-state index in [2.05, 4.69) is 15.0 Å². The average molecular weight is 404 g/mol. The molecule has 0 bridgehead atoms. The van der Waals surface area contributed by atoms with Gasteiger partial charge < -0.3 is 9.32 Å². The molecule has 0 aliphatic carbocycles. The number of thiazole rings is 1. The van der Waals surface area contributed by atoms with Crippen LogP contribution in [0.25, 0.3) is 10.8 Å². The number of nitrogens with zero attached hydrogens (tertiary/aromatic N) is 2. The van der Waals surface area contributed by atoms with E-state index in [0.29, 0.717) is 12.2 Å². The predicted octanol–water partition coefficient (Wildman–Crippen LogP) is 4.04. The fourth-order valence-corrected chi connectivity index (χ4v) is 4.76. The average Bonchev–Trinajstić information content (AvgIpc) is 3.23. The monoisotopic (exact) mass is 403 g/mol. The predicted molar refractivity (Wildman–Crippen MR) is 109 cm³/mol. The summed E-state index contributed by atoms with van der Waals surface area (Å²) in [5, 5.41) is 2.93. The maximum Gasteiger partial charge on any atom is 0.229 e. The number of sulfonamides is 1. The summed E-state index contributed by atoms with van der Waals surface area (Å²) in [6.45, 7) is 3.53. The van der Waals surface area contributed by atoms with Gasteiger partial charge in [0.1, 0.15) is 5.76 Å². The van der Waals surface area contributed by atoms with Gasteiger partial charge in [0.05, 0.1) is 24.2 Å². The summed E-state index contributed by atoms with van der Waals surface area (Å²) in [5.41, 5.74) is 3.77. The number of hydrogen-bond acceptors (Lipinski definition) is 6. The molecule has 6 nitrogen and oxygen atoms in total. The number of fused-ring (bicyclic) bond motifs is 1. The molecule has 0 amide bonds. The van der Waals surface area contributed by atoms with Gasteiger partial charge in [-0.05, 0) is 49.6 Å². The Balaban J connectivity index is 1.59. The zero-order chi connectivity index (χ0) is 19.0. The summed E-state index contributed by atoms with van der Waals surface area (Å²) >= 11 is 1.57. The van der Waals surface area contributed by atoms with Crippen molar-refractivity contribution in [3.8, 4) is 10.8 Å². The molecule has 3 heterocycles. The molecular formula is C19H21N3O3S2. The maximum absolute atomic E-state index is 11.7. The standard InChI is InChI=1S/C19H21N3O3S2/c1-13-8-9-18(25-13)19-20-14(12-26-19)11-22-10-4-5-15-16(21-27(2,23)24)6-3-7-17(15)22/h3,6-9,12,21H,4-5,10-11H2,1-2H3. The van der Waals surface area contributed by atoms with Crippen LogP contribution in [-0.2, 0) is 23.0 Å².